The van der Waals surface area contributed by atoms with Crippen molar-refractivity contribution in [2.24, 2.45) is 13.0 Å². The van der Waals surface area contributed by atoms with Gasteiger partial charge in [0.05, 0.1) is 0 Å². The summed E-state index contributed by atoms with van der Waals surface area (Å²) in [5, 5.41) is 3.90. The molecule has 1 aliphatic rings. The predicted molar refractivity (Wildman–Crippen MR) is 73.0 cm³/mol. The molecule has 2 heterocycles. The average Bonchev–Trinajstić information content (AvgIpc) is 2.82. The molecule has 2 atom stereocenters. The molecule has 1 fully saturated rings. The summed E-state index contributed by atoms with van der Waals surface area (Å²) in [5.74, 6) is 0.353. The molecule has 1 aliphatic heterocycles. The number of nitrogens with zero attached hydrogens (tertiary/aromatic N) is 4. The monoisotopic (exact) mass is 287 g/mol. The summed E-state index contributed by atoms with van der Waals surface area (Å²) >= 11 is 0. The normalized spacial score (nSPS) is 25.3. The van der Waals surface area contributed by atoms with Crippen LogP contribution in [0.1, 0.15) is 6.92 Å². The molecule has 1 aromatic heterocycles. The maximum atomic E-state index is 12.6. The van der Waals surface area contributed by atoms with E-state index in [-0.39, 0.29) is 16.8 Å². The maximum Gasteiger partial charge on any atom is 0.248 e. The largest absolute Gasteiger partial charge is 0.381 e. The van der Waals surface area contributed by atoms with E-state index in [1.807, 2.05) is 14.1 Å². The van der Waals surface area contributed by atoms with Gasteiger partial charge in [0, 0.05) is 32.4 Å². The fourth-order valence-corrected chi connectivity index (χ4v) is 4.25. The van der Waals surface area contributed by atoms with Crippen molar-refractivity contribution >= 4 is 15.8 Å². The lowest BCUT2D eigenvalue weighted by molar-refractivity contribution is 0.263. The molecule has 108 valence electrons. The van der Waals surface area contributed by atoms with Gasteiger partial charge in [0.2, 0.25) is 10.0 Å². The van der Waals surface area contributed by atoms with Gasteiger partial charge in [0.15, 0.2) is 5.82 Å². The number of aryl methyl sites for hydroxylation is 1. The Labute approximate surface area is 114 Å². The summed E-state index contributed by atoms with van der Waals surface area (Å²) in [7, 11) is 2.04. The topological polar surface area (TPSA) is 84.5 Å². The lowest BCUT2D eigenvalue weighted by atomic mass is 10.1. The van der Waals surface area contributed by atoms with E-state index in [4.69, 9.17) is 5.73 Å². The second-order valence-corrected chi connectivity index (χ2v) is 7.29. The minimum atomic E-state index is -3.55. The SMILES string of the molecule is CC1CN(S(=O)(=O)c2cn(C)nc2N)CC1N(C)C. The molecule has 1 aromatic rings. The van der Waals surface area contributed by atoms with Crippen LogP contribution in [0.15, 0.2) is 11.1 Å². The first-order valence-electron chi connectivity index (χ1n) is 6.19. The Hall–Kier alpha value is -1.12. The summed E-state index contributed by atoms with van der Waals surface area (Å²) in [6.07, 6.45) is 1.46. The number of hydrogen-bond donors (Lipinski definition) is 1. The molecule has 2 rings (SSSR count). The van der Waals surface area contributed by atoms with Crippen molar-refractivity contribution in [1.29, 1.82) is 0 Å². The van der Waals surface area contributed by atoms with E-state index < -0.39 is 10.0 Å². The van der Waals surface area contributed by atoms with Gasteiger partial charge in [-0.1, -0.05) is 6.92 Å². The van der Waals surface area contributed by atoms with Gasteiger partial charge in [-0.25, -0.2) is 8.42 Å². The summed E-state index contributed by atoms with van der Waals surface area (Å²) in [6, 6.07) is 0.229. The van der Waals surface area contributed by atoms with Crippen LogP contribution in [0.3, 0.4) is 0 Å². The highest BCUT2D eigenvalue weighted by Gasteiger charge is 2.39. The van der Waals surface area contributed by atoms with Crippen LogP contribution in [0.2, 0.25) is 0 Å². The van der Waals surface area contributed by atoms with Gasteiger partial charge in [-0.3, -0.25) is 4.68 Å². The van der Waals surface area contributed by atoms with Crippen LogP contribution in [-0.2, 0) is 17.1 Å². The van der Waals surface area contributed by atoms with Gasteiger partial charge in [-0.05, 0) is 20.0 Å². The molecule has 0 spiro atoms. The minimum absolute atomic E-state index is 0.0588. The smallest absolute Gasteiger partial charge is 0.248 e. The molecular formula is C11H21N5O2S. The molecule has 2 N–H and O–H groups in total. The summed E-state index contributed by atoms with van der Waals surface area (Å²) in [5.41, 5.74) is 5.68. The molecular weight excluding hydrogens is 266 g/mol. The van der Waals surface area contributed by atoms with E-state index in [1.54, 1.807) is 7.05 Å². The number of nitrogens with two attached hydrogens (primary N) is 1. The quantitative estimate of drug-likeness (QED) is 0.815. The van der Waals surface area contributed by atoms with Crippen molar-refractivity contribution in [1.82, 2.24) is 19.0 Å². The van der Waals surface area contributed by atoms with E-state index in [1.165, 1.54) is 15.2 Å². The van der Waals surface area contributed by atoms with E-state index in [2.05, 4.69) is 16.9 Å². The first kappa shape index (κ1) is 14.3. The third kappa shape index (κ3) is 2.47. The Morgan fingerprint density at radius 1 is 1.42 bits per heavy atom. The Morgan fingerprint density at radius 3 is 2.47 bits per heavy atom. The van der Waals surface area contributed by atoms with Crippen LogP contribution < -0.4 is 5.73 Å². The zero-order valence-electron chi connectivity index (χ0n) is 11.7. The highest BCUT2D eigenvalue weighted by molar-refractivity contribution is 7.89. The summed E-state index contributed by atoms with van der Waals surface area (Å²) < 4.78 is 28.0. The second kappa shape index (κ2) is 4.77. The maximum absolute atomic E-state index is 12.6. The summed E-state index contributed by atoms with van der Waals surface area (Å²) in [6.45, 7) is 3.07. The molecule has 0 aliphatic carbocycles. The third-order valence-electron chi connectivity index (χ3n) is 3.64. The number of likely N-dealkylation sites (N-methyl/N-ethyl adjacent to an activating group) is 1. The van der Waals surface area contributed by atoms with Crippen molar-refractivity contribution in [2.75, 3.05) is 32.9 Å². The molecule has 19 heavy (non-hydrogen) atoms. The summed E-state index contributed by atoms with van der Waals surface area (Å²) in [4.78, 5) is 2.16. The molecule has 0 bridgehead atoms. The first-order valence-corrected chi connectivity index (χ1v) is 7.63. The first-order chi connectivity index (χ1) is 8.73. The fraction of sp³-hybridized carbons (Fsp3) is 0.727. The highest BCUT2D eigenvalue weighted by Crippen LogP contribution is 2.28. The van der Waals surface area contributed by atoms with Crippen molar-refractivity contribution in [2.45, 2.75) is 17.9 Å². The zero-order valence-corrected chi connectivity index (χ0v) is 12.6. The van der Waals surface area contributed by atoms with Crippen LogP contribution in [0, 0.1) is 5.92 Å². The van der Waals surface area contributed by atoms with Crippen LogP contribution in [-0.4, -0.2) is 60.6 Å². The average molecular weight is 287 g/mol. The molecule has 0 saturated carbocycles. The van der Waals surface area contributed by atoms with E-state index in [9.17, 15) is 8.42 Å². The molecule has 8 heteroatoms. The number of sulfonamides is 1. The predicted octanol–water partition coefficient (Wildman–Crippen LogP) is -0.427. The van der Waals surface area contributed by atoms with Crippen LogP contribution in [0.25, 0.3) is 0 Å². The second-order valence-electron chi connectivity index (χ2n) is 5.38. The number of nitrogen functional groups attached to an aromatic ring is 1. The molecule has 7 nitrogen and oxygen atoms in total. The van der Waals surface area contributed by atoms with E-state index in [0.717, 1.165) is 0 Å². The molecule has 1 saturated heterocycles. The van der Waals surface area contributed by atoms with Crippen LogP contribution in [0.4, 0.5) is 5.82 Å². The number of hydrogen-bond acceptors (Lipinski definition) is 5. The van der Waals surface area contributed by atoms with Crippen molar-refractivity contribution < 1.29 is 8.42 Å². The Bertz CT molecular complexity index is 566. The van der Waals surface area contributed by atoms with Gasteiger partial charge in [-0.2, -0.15) is 9.40 Å². The van der Waals surface area contributed by atoms with Crippen LogP contribution >= 0.6 is 0 Å². The van der Waals surface area contributed by atoms with Crippen molar-refractivity contribution in [3.05, 3.63) is 6.20 Å². The number of anilines is 1. The van der Waals surface area contributed by atoms with Gasteiger partial charge >= 0.3 is 0 Å². The van der Waals surface area contributed by atoms with Gasteiger partial charge in [0.25, 0.3) is 0 Å². The third-order valence-corrected chi connectivity index (χ3v) is 5.49. The molecule has 2 unspecified atom stereocenters. The van der Waals surface area contributed by atoms with Crippen molar-refractivity contribution in [3.8, 4) is 0 Å². The molecule has 0 amide bonds. The zero-order chi connectivity index (χ0) is 14.4. The minimum Gasteiger partial charge on any atom is -0.381 e. The lowest BCUT2D eigenvalue weighted by Gasteiger charge is -2.22. The Kier molecular flexibility index (Phi) is 3.59. The van der Waals surface area contributed by atoms with Gasteiger partial charge in [-0.15, -0.1) is 0 Å². The van der Waals surface area contributed by atoms with Crippen molar-refractivity contribution in [3.63, 3.8) is 0 Å². The lowest BCUT2D eigenvalue weighted by Crippen LogP contribution is -2.35. The van der Waals surface area contributed by atoms with E-state index >= 15 is 0 Å². The highest BCUT2D eigenvalue weighted by atomic mass is 32.2. The fourth-order valence-electron chi connectivity index (χ4n) is 2.60. The van der Waals surface area contributed by atoms with Gasteiger partial charge in [0.1, 0.15) is 4.90 Å². The van der Waals surface area contributed by atoms with Gasteiger partial charge < -0.3 is 10.6 Å². The Balaban J connectivity index is 2.30. The number of rotatable bonds is 3. The number of aromatic nitrogens is 2. The van der Waals surface area contributed by atoms with Crippen LogP contribution in [0.5, 0.6) is 0 Å². The Morgan fingerprint density at radius 2 is 2.05 bits per heavy atom. The standard InChI is InChI=1S/C11H21N5O2S/c1-8-5-16(6-9(8)14(2)3)19(17,18)10-7-15(4)13-11(10)12/h7-9H,5-6H2,1-4H3,(H2,12,13). The van der Waals surface area contributed by atoms with E-state index in [0.29, 0.717) is 19.0 Å². The molecule has 0 aromatic carbocycles. The molecule has 0 radical (unpaired) electrons.